The van der Waals surface area contributed by atoms with Crippen molar-refractivity contribution in [2.24, 2.45) is 4.99 Å². The molecular formula is C24H27N3O2. The van der Waals surface area contributed by atoms with E-state index in [2.05, 4.69) is 28.5 Å². The van der Waals surface area contributed by atoms with E-state index in [-0.39, 0.29) is 23.9 Å². The molecule has 0 aromatic heterocycles. The van der Waals surface area contributed by atoms with Gasteiger partial charge in [-0.15, -0.1) is 0 Å². The lowest BCUT2D eigenvalue weighted by Gasteiger charge is -2.25. The van der Waals surface area contributed by atoms with Gasteiger partial charge in [-0.2, -0.15) is 0 Å². The van der Waals surface area contributed by atoms with Crippen LogP contribution < -0.4 is 5.32 Å². The molecule has 2 atom stereocenters. The summed E-state index contributed by atoms with van der Waals surface area (Å²) in [5, 5.41) is 3.05. The van der Waals surface area contributed by atoms with Gasteiger partial charge < -0.3 is 10.2 Å². The molecule has 0 saturated heterocycles. The normalized spacial score (nSPS) is 19.8. The molecule has 0 spiro atoms. The van der Waals surface area contributed by atoms with Gasteiger partial charge in [-0.1, -0.05) is 31.2 Å². The number of fused-ring (bicyclic) bond motifs is 1. The maximum absolute atomic E-state index is 12.9. The standard InChI is InChI=1S/C24H27N3O2/c1-3-23(28)26-21-10-11-22(13-21)27(2)24(29)17-6-4-16(5-7-17)18-8-9-19-14-25-15-20(19)12-18/h4-9,12,14,21-22H,3,10-11,13,15H2,1-2H3,(H,26,28)/t21-,22?/m0/s1. The third-order valence-electron chi connectivity index (χ3n) is 6.06. The zero-order chi connectivity index (χ0) is 20.4. The Hall–Kier alpha value is -2.95. The molecule has 5 heteroatoms. The van der Waals surface area contributed by atoms with E-state index in [1.54, 1.807) is 0 Å². The van der Waals surface area contributed by atoms with Crippen molar-refractivity contribution < 1.29 is 9.59 Å². The van der Waals surface area contributed by atoms with Gasteiger partial charge in [0, 0.05) is 37.3 Å². The van der Waals surface area contributed by atoms with Crippen LogP contribution >= 0.6 is 0 Å². The van der Waals surface area contributed by atoms with E-state index in [0.717, 1.165) is 36.9 Å². The molecule has 2 aliphatic rings. The van der Waals surface area contributed by atoms with E-state index < -0.39 is 0 Å². The van der Waals surface area contributed by atoms with Gasteiger partial charge in [0.15, 0.2) is 0 Å². The second-order valence-electron chi connectivity index (χ2n) is 7.96. The quantitative estimate of drug-likeness (QED) is 0.845. The van der Waals surface area contributed by atoms with Crippen LogP contribution in [0.1, 0.15) is 54.1 Å². The minimum absolute atomic E-state index is 0.0337. The Bertz CT molecular complexity index is 949. The summed E-state index contributed by atoms with van der Waals surface area (Å²) in [6.45, 7) is 2.60. The molecule has 1 fully saturated rings. The van der Waals surface area contributed by atoms with E-state index in [1.807, 2.05) is 49.4 Å². The molecule has 1 aliphatic carbocycles. The zero-order valence-electron chi connectivity index (χ0n) is 17.0. The SMILES string of the molecule is CCC(=O)N[C@H]1CCC(N(C)C(=O)c2ccc(-c3ccc4c(c3)CN=C4)cc2)C1. The predicted octanol–water partition coefficient (Wildman–Crippen LogP) is 3.81. The number of benzene rings is 2. The molecule has 0 bridgehead atoms. The number of carbonyl (C=O) groups excluding carboxylic acids is 2. The van der Waals surface area contributed by atoms with Crippen molar-refractivity contribution in [3.8, 4) is 11.1 Å². The van der Waals surface area contributed by atoms with Gasteiger partial charge >= 0.3 is 0 Å². The molecule has 1 aliphatic heterocycles. The van der Waals surface area contributed by atoms with E-state index >= 15 is 0 Å². The third-order valence-corrected chi connectivity index (χ3v) is 6.06. The van der Waals surface area contributed by atoms with Gasteiger partial charge in [0.05, 0.1) is 6.54 Å². The van der Waals surface area contributed by atoms with Crippen LogP contribution in [0.4, 0.5) is 0 Å². The molecule has 4 rings (SSSR count). The average Bonchev–Trinajstić information content (AvgIpc) is 3.41. The fourth-order valence-corrected chi connectivity index (χ4v) is 4.24. The Morgan fingerprint density at radius 3 is 2.62 bits per heavy atom. The first-order chi connectivity index (χ1) is 14.0. The molecular weight excluding hydrogens is 362 g/mol. The van der Waals surface area contributed by atoms with Crippen molar-refractivity contribution in [2.75, 3.05) is 7.05 Å². The summed E-state index contributed by atoms with van der Waals surface area (Å²) in [6, 6.07) is 14.6. The molecule has 1 saturated carbocycles. The number of hydrogen-bond acceptors (Lipinski definition) is 3. The second-order valence-corrected chi connectivity index (χ2v) is 7.96. The van der Waals surface area contributed by atoms with Crippen LogP contribution in [-0.4, -0.2) is 42.1 Å². The minimum atomic E-state index is 0.0337. The van der Waals surface area contributed by atoms with Gasteiger partial charge in [-0.05, 0) is 59.7 Å². The lowest BCUT2D eigenvalue weighted by Crippen LogP contribution is -2.38. The second kappa shape index (κ2) is 8.19. The number of amides is 2. The molecule has 1 heterocycles. The lowest BCUT2D eigenvalue weighted by atomic mass is 9.99. The first kappa shape index (κ1) is 19.4. The Kier molecular flexibility index (Phi) is 5.47. The van der Waals surface area contributed by atoms with Gasteiger partial charge in [0.1, 0.15) is 0 Å². The number of carbonyl (C=O) groups is 2. The summed E-state index contributed by atoms with van der Waals surface area (Å²) in [7, 11) is 1.87. The van der Waals surface area contributed by atoms with Crippen molar-refractivity contribution >= 4 is 18.0 Å². The number of rotatable bonds is 5. The monoisotopic (exact) mass is 389 g/mol. The summed E-state index contributed by atoms with van der Waals surface area (Å²) in [5.74, 6) is 0.115. The minimum Gasteiger partial charge on any atom is -0.353 e. The van der Waals surface area contributed by atoms with Crippen LogP contribution in [0.15, 0.2) is 47.5 Å². The smallest absolute Gasteiger partial charge is 0.253 e. The predicted molar refractivity (Wildman–Crippen MR) is 115 cm³/mol. The average molecular weight is 389 g/mol. The fourth-order valence-electron chi connectivity index (χ4n) is 4.24. The van der Waals surface area contributed by atoms with Crippen LogP contribution in [0, 0.1) is 0 Å². The van der Waals surface area contributed by atoms with Crippen molar-refractivity contribution in [3.05, 3.63) is 59.2 Å². The van der Waals surface area contributed by atoms with Crippen LogP contribution in [0.5, 0.6) is 0 Å². The first-order valence-electron chi connectivity index (χ1n) is 10.3. The largest absolute Gasteiger partial charge is 0.353 e. The zero-order valence-corrected chi connectivity index (χ0v) is 17.0. The Balaban J connectivity index is 1.41. The molecule has 29 heavy (non-hydrogen) atoms. The van der Waals surface area contributed by atoms with Gasteiger partial charge in [0.25, 0.3) is 5.91 Å². The summed E-state index contributed by atoms with van der Waals surface area (Å²) in [4.78, 5) is 30.7. The number of nitrogens with zero attached hydrogens (tertiary/aromatic N) is 2. The number of nitrogens with one attached hydrogen (secondary N) is 1. The summed E-state index contributed by atoms with van der Waals surface area (Å²) in [5.41, 5.74) is 5.37. The van der Waals surface area contributed by atoms with Crippen molar-refractivity contribution in [1.29, 1.82) is 0 Å². The summed E-state index contributed by atoms with van der Waals surface area (Å²) in [6.07, 6.45) is 5.09. The lowest BCUT2D eigenvalue weighted by molar-refractivity contribution is -0.121. The molecule has 2 aromatic rings. The Morgan fingerprint density at radius 1 is 1.10 bits per heavy atom. The molecule has 1 N–H and O–H groups in total. The summed E-state index contributed by atoms with van der Waals surface area (Å²) >= 11 is 0. The number of hydrogen-bond donors (Lipinski definition) is 1. The molecule has 150 valence electrons. The van der Waals surface area contributed by atoms with Crippen LogP contribution in [-0.2, 0) is 11.3 Å². The van der Waals surface area contributed by atoms with Gasteiger partial charge in [-0.3, -0.25) is 14.6 Å². The maximum atomic E-state index is 12.9. The highest BCUT2D eigenvalue weighted by Gasteiger charge is 2.30. The summed E-state index contributed by atoms with van der Waals surface area (Å²) < 4.78 is 0. The van der Waals surface area contributed by atoms with E-state index in [1.165, 1.54) is 11.1 Å². The molecule has 2 amide bonds. The Morgan fingerprint density at radius 2 is 1.86 bits per heavy atom. The fraction of sp³-hybridized carbons (Fsp3) is 0.375. The topological polar surface area (TPSA) is 61.8 Å². The van der Waals surface area contributed by atoms with Crippen molar-refractivity contribution in [2.45, 2.75) is 51.2 Å². The number of aliphatic imine (C=N–C) groups is 1. The van der Waals surface area contributed by atoms with Crippen LogP contribution in [0.3, 0.4) is 0 Å². The third kappa shape index (κ3) is 4.09. The highest BCUT2D eigenvalue weighted by atomic mass is 16.2. The van der Waals surface area contributed by atoms with Crippen molar-refractivity contribution in [1.82, 2.24) is 10.2 Å². The van der Waals surface area contributed by atoms with Crippen LogP contribution in [0.2, 0.25) is 0 Å². The first-order valence-corrected chi connectivity index (χ1v) is 10.3. The highest BCUT2D eigenvalue weighted by molar-refractivity contribution is 5.95. The molecule has 5 nitrogen and oxygen atoms in total. The van der Waals surface area contributed by atoms with Gasteiger partial charge in [0.2, 0.25) is 5.91 Å². The molecule has 2 aromatic carbocycles. The van der Waals surface area contributed by atoms with Crippen molar-refractivity contribution in [3.63, 3.8) is 0 Å². The van der Waals surface area contributed by atoms with E-state index in [0.29, 0.717) is 12.0 Å². The van der Waals surface area contributed by atoms with E-state index in [9.17, 15) is 9.59 Å². The van der Waals surface area contributed by atoms with Crippen LogP contribution in [0.25, 0.3) is 11.1 Å². The molecule has 1 unspecified atom stereocenters. The molecule has 0 radical (unpaired) electrons. The van der Waals surface area contributed by atoms with E-state index in [4.69, 9.17) is 0 Å². The maximum Gasteiger partial charge on any atom is 0.253 e. The highest BCUT2D eigenvalue weighted by Crippen LogP contribution is 2.27. The van der Waals surface area contributed by atoms with Gasteiger partial charge in [-0.25, -0.2) is 0 Å². The Labute approximate surface area is 171 Å².